The molecule has 0 radical (unpaired) electrons. The van der Waals surface area contributed by atoms with E-state index in [1.807, 2.05) is 0 Å². The normalized spacial score (nSPS) is 16.0. The number of likely N-dealkylation sites (tertiary alicyclic amines) is 1. The highest BCUT2D eigenvalue weighted by molar-refractivity contribution is 5.77. The SMILES string of the molecule is CCCN(c1nc2ccccc2[nH]1)C1CCN(CCc2ccccc2)CC1. The van der Waals surface area contributed by atoms with Crippen LogP contribution in [0.25, 0.3) is 11.0 Å². The fourth-order valence-electron chi connectivity index (χ4n) is 4.16. The highest BCUT2D eigenvalue weighted by atomic mass is 15.3. The Kier molecular flexibility index (Phi) is 5.73. The van der Waals surface area contributed by atoms with Gasteiger partial charge in [-0.15, -0.1) is 0 Å². The van der Waals surface area contributed by atoms with Crippen molar-refractivity contribution in [3.8, 4) is 0 Å². The first-order valence-electron chi connectivity index (χ1n) is 10.3. The van der Waals surface area contributed by atoms with Crippen LogP contribution in [0.3, 0.4) is 0 Å². The van der Waals surface area contributed by atoms with E-state index in [1.165, 1.54) is 31.5 Å². The Morgan fingerprint density at radius 1 is 1.04 bits per heavy atom. The van der Waals surface area contributed by atoms with E-state index in [1.54, 1.807) is 0 Å². The van der Waals surface area contributed by atoms with E-state index in [2.05, 4.69) is 76.3 Å². The average Bonchev–Trinajstić information content (AvgIpc) is 3.15. The van der Waals surface area contributed by atoms with E-state index < -0.39 is 0 Å². The summed E-state index contributed by atoms with van der Waals surface area (Å²) in [6.07, 6.45) is 4.72. The number of hydrogen-bond donors (Lipinski definition) is 1. The molecule has 0 saturated carbocycles. The predicted octanol–water partition coefficient (Wildman–Crippen LogP) is 4.49. The van der Waals surface area contributed by atoms with Gasteiger partial charge in [0.2, 0.25) is 5.95 Å². The largest absolute Gasteiger partial charge is 0.339 e. The van der Waals surface area contributed by atoms with Crippen molar-refractivity contribution in [1.29, 1.82) is 0 Å². The number of anilines is 1. The summed E-state index contributed by atoms with van der Waals surface area (Å²) < 4.78 is 0. The van der Waals surface area contributed by atoms with E-state index >= 15 is 0 Å². The van der Waals surface area contributed by atoms with Gasteiger partial charge in [-0.1, -0.05) is 49.4 Å². The second-order valence-electron chi connectivity index (χ2n) is 7.58. The van der Waals surface area contributed by atoms with Crippen molar-refractivity contribution >= 4 is 17.0 Å². The lowest BCUT2D eigenvalue weighted by Crippen LogP contribution is -2.46. The third kappa shape index (κ3) is 4.33. The van der Waals surface area contributed by atoms with Gasteiger partial charge >= 0.3 is 0 Å². The van der Waals surface area contributed by atoms with Crippen molar-refractivity contribution in [2.75, 3.05) is 31.1 Å². The van der Waals surface area contributed by atoms with Gasteiger partial charge in [0.05, 0.1) is 11.0 Å². The number of aromatic nitrogens is 2. The lowest BCUT2D eigenvalue weighted by Gasteiger charge is -2.38. The minimum absolute atomic E-state index is 0.582. The molecule has 0 amide bonds. The lowest BCUT2D eigenvalue weighted by atomic mass is 10.0. The molecule has 1 N–H and O–H groups in total. The Morgan fingerprint density at radius 2 is 1.78 bits per heavy atom. The molecule has 4 rings (SSSR count). The number of hydrogen-bond acceptors (Lipinski definition) is 3. The monoisotopic (exact) mass is 362 g/mol. The second kappa shape index (κ2) is 8.57. The molecule has 3 aromatic rings. The van der Waals surface area contributed by atoms with E-state index in [4.69, 9.17) is 4.98 Å². The predicted molar refractivity (Wildman–Crippen MR) is 113 cm³/mol. The summed E-state index contributed by atoms with van der Waals surface area (Å²) in [6.45, 7) is 6.84. The van der Waals surface area contributed by atoms with Gasteiger partial charge in [0.25, 0.3) is 0 Å². The molecule has 2 aromatic carbocycles. The number of para-hydroxylation sites is 2. The number of nitrogens with one attached hydrogen (secondary N) is 1. The summed E-state index contributed by atoms with van der Waals surface area (Å²) in [4.78, 5) is 13.5. The molecular weight excluding hydrogens is 332 g/mol. The number of benzene rings is 2. The van der Waals surface area contributed by atoms with Crippen LogP contribution in [0.1, 0.15) is 31.7 Å². The summed E-state index contributed by atoms with van der Waals surface area (Å²) in [7, 11) is 0. The van der Waals surface area contributed by atoms with Crippen molar-refractivity contribution in [2.45, 2.75) is 38.6 Å². The number of piperidine rings is 1. The Hall–Kier alpha value is -2.33. The Balaban J connectivity index is 1.37. The molecule has 4 heteroatoms. The zero-order valence-corrected chi connectivity index (χ0v) is 16.3. The molecule has 1 saturated heterocycles. The van der Waals surface area contributed by atoms with Crippen LogP contribution < -0.4 is 4.90 Å². The minimum Gasteiger partial charge on any atom is -0.339 e. The summed E-state index contributed by atoms with van der Waals surface area (Å²) in [6, 6.07) is 19.7. The van der Waals surface area contributed by atoms with Crippen LogP contribution in [0.4, 0.5) is 5.95 Å². The van der Waals surface area contributed by atoms with E-state index in [-0.39, 0.29) is 0 Å². The molecule has 1 aliphatic heterocycles. The maximum atomic E-state index is 4.86. The zero-order chi connectivity index (χ0) is 18.5. The van der Waals surface area contributed by atoms with Crippen LogP contribution in [0, 0.1) is 0 Å². The number of fused-ring (bicyclic) bond motifs is 1. The van der Waals surface area contributed by atoms with Crippen molar-refractivity contribution in [1.82, 2.24) is 14.9 Å². The highest BCUT2D eigenvalue weighted by Gasteiger charge is 2.26. The fourth-order valence-corrected chi connectivity index (χ4v) is 4.16. The lowest BCUT2D eigenvalue weighted by molar-refractivity contribution is 0.210. The van der Waals surface area contributed by atoms with Crippen LogP contribution >= 0.6 is 0 Å². The van der Waals surface area contributed by atoms with Crippen molar-refractivity contribution in [3.05, 3.63) is 60.2 Å². The number of rotatable bonds is 7. The molecule has 27 heavy (non-hydrogen) atoms. The molecule has 0 atom stereocenters. The van der Waals surface area contributed by atoms with E-state index in [0.29, 0.717) is 6.04 Å². The van der Waals surface area contributed by atoms with Crippen LogP contribution in [-0.4, -0.2) is 47.1 Å². The first kappa shape index (κ1) is 18.1. The summed E-state index contributed by atoms with van der Waals surface area (Å²) in [5.74, 6) is 1.04. The van der Waals surface area contributed by atoms with E-state index in [9.17, 15) is 0 Å². The maximum Gasteiger partial charge on any atom is 0.204 e. The third-order valence-corrected chi connectivity index (χ3v) is 5.67. The van der Waals surface area contributed by atoms with Gasteiger partial charge in [-0.2, -0.15) is 0 Å². The van der Waals surface area contributed by atoms with Gasteiger partial charge in [-0.25, -0.2) is 4.98 Å². The third-order valence-electron chi connectivity index (χ3n) is 5.67. The van der Waals surface area contributed by atoms with Crippen LogP contribution in [0.2, 0.25) is 0 Å². The summed E-state index contributed by atoms with van der Waals surface area (Å²) in [5.41, 5.74) is 3.64. The Morgan fingerprint density at radius 3 is 2.52 bits per heavy atom. The molecule has 1 aromatic heterocycles. The fraction of sp³-hybridized carbons (Fsp3) is 0.435. The van der Waals surface area contributed by atoms with Crippen LogP contribution in [-0.2, 0) is 6.42 Å². The molecule has 2 heterocycles. The molecule has 0 spiro atoms. The molecule has 0 aliphatic carbocycles. The molecule has 1 aliphatic rings. The summed E-state index contributed by atoms with van der Waals surface area (Å²) >= 11 is 0. The second-order valence-corrected chi connectivity index (χ2v) is 7.58. The van der Waals surface area contributed by atoms with Crippen LogP contribution in [0.5, 0.6) is 0 Å². The number of nitrogens with zero attached hydrogens (tertiary/aromatic N) is 3. The minimum atomic E-state index is 0.582. The van der Waals surface area contributed by atoms with Gasteiger partial charge < -0.3 is 14.8 Å². The first-order chi connectivity index (χ1) is 13.3. The molecule has 4 nitrogen and oxygen atoms in total. The molecular formula is C23H30N4. The first-order valence-corrected chi connectivity index (χ1v) is 10.3. The van der Waals surface area contributed by atoms with Gasteiger partial charge in [-0.3, -0.25) is 0 Å². The van der Waals surface area contributed by atoms with Gasteiger partial charge in [0.1, 0.15) is 0 Å². The quantitative estimate of drug-likeness (QED) is 0.673. The standard InChI is InChI=1S/C23H30N4/c1-2-15-27(23-24-21-10-6-7-11-22(21)25-23)20-13-17-26(18-14-20)16-12-19-8-4-3-5-9-19/h3-11,20H,2,12-18H2,1H3,(H,24,25). The molecule has 0 bridgehead atoms. The Labute approximate surface area is 162 Å². The Bertz CT molecular complexity index is 801. The molecule has 0 unspecified atom stereocenters. The number of H-pyrrole nitrogens is 1. The van der Waals surface area contributed by atoms with E-state index in [0.717, 1.165) is 42.9 Å². The molecule has 142 valence electrons. The van der Waals surface area contributed by atoms with Crippen molar-refractivity contribution in [2.24, 2.45) is 0 Å². The van der Waals surface area contributed by atoms with Gasteiger partial charge in [-0.05, 0) is 43.4 Å². The maximum absolute atomic E-state index is 4.86. The van der Waals surface area contributed by atoms with Crippen LogP contribution in [0.15, 0.2) is 54.6 Å². The average molecular weight is 363 g/mol. The summed E-state index contributed by atoms with van der Waals surface area (Å²) in [5, 5.41) is 0. The zero-order valence-electron chi connectivity index (χ0n) is 16.3. The number of imidazole rings is 1. The smallest absolute Gasteiger partial charge is 0.204 e. The topological polar surface area (TPSA) is 35.2 Å². The number of aromatic amines is 1. The van der Waals surface area contributed by atoms with Crippen molar-refractivity contribution in [3.63, 3.8) is 0 Å². The van der Waals surface area contributed by atoms with Gasteiger partial charge in [0, 0.05) is 32.2 Å². The molecule has 1 fully saturated rings. The van der Waals surface area contributed by atoms with Crippen molar-refractivity contribution < 1.29 is 0 Å². The van der Waals surface area contributed by atoms with Gasteiger partial charge in [0.15, 0.2) is 0 Å². The highest BCUT2D eigenvalue weighted by Crippen LogP contribution is 2.24.